The van der Waals surface area contributed by atoms with Gasteiger partial charge in [0.15, 0.2) is 17.3 Å². The maximum atomic E-state index is 13.0. The van der Waals surface area contributed by atoms with Crippen LogP contribution >= 0.6 is 0 Å². The van der Waals surface area contributed by atoms with E-state index < -0.39 is 0 Å². The number of piperidine rings is 1. The molecular weight excluding hydrogens is 295 g/mol. The third kappa shape index (κ3) is 3.19. The minimum absolute atomic E-state index is 0.00269. The highest BCUT2D eigenvalue weighted by Crippen LogP contribution is 2.25. The summed E-state index contributed by atoms with van der Waals surface area (Å²) in [5.41, 5.74) is 0.778. The molecule has 1 aliphatic rings. The van der Waals surface area contributed by atoms with Gasteiger partial charge in [-0.2, -0.15) is 5.26 Å². The Morgan fingerprint density at radius 2 is 2.00 bits per heavy atom. The molecule has 0 bridgehead atoms. The van der Waals surface area contributed by atoms with Gasteiger partial charge in [0.25, 0.3) is 0 Å². The smallest absolute Gasteiger partial charge is 0.183 e. The summed E-state index contributed by atoms with van der Waals surface area (Å²) in [5.74, 6) is -0.0310. The SMILES string of the molecule is N#Cc1nccnc1N1CCC[C@@H](C(=O)c2ccc(F)cc2)C1. The predicted molar refractivity (Wildman–Crippen MR) is 82.4 cm³/mol. The molecule has 23 heavy (non-hydrogen) atoms. The Balaban J connectivity index is 1.79. The van der Waals surface area contributed by atoms with Gasteiger partial charge in [-0.25, -0.2) is 14.4 Å². The van der Waals surface area contributed by atoms with Crippen LogP contribution in [0.25, 0.3) is 0 Å². The number of anilines is 1. The minimum Gasteiger partial charge on any atom is -0.353 e. The summed E-state index contributed by atoms with van der Waals surface area (Å²) in [6.45, 7) is 1.23. The van der Waals surface area contributed by atoms with Gasteiger partial charge in [0.2, 0.25) is 0 Å². The number of Topliss-reactive ketones (excluding diaryl/α,β-unsaturated/α-hetero) is 1. The summed E-state index contributed by atoms with van der Waals surface area (Å²) in [6.07, 6.45) is 4.63. The van der Waals surface area contributed by atoms with Crippen LogP contribution in [0, 0.1) is 23.1 Å². The molecule has 0 saturated carbocycles. The first-order valence-electron chi connectivity index (χ1n) is 7.45. The van der Waals surface area contributed by atoms with Crippen molar-refractivity contribution in [1.29, 1.82) is 5.26 Å². The van der Waals surface area contributed by atoms with E-state index in [1.54, 1.807) is 6.20 Å². The van der Waals surface area contributed by atoms with Crippen molar-refractivity contribution in [3.05, 3.63) is 53.7 Å². The van der Waals surface area contributed by atoms with Crippen LogP contribution in [0.2, 0.25) is 0 Å². The van der Waals surface area contributed by atoms with Gasteiger partial charge in [-0.3, -0.25) is 4.79 Å². The molecule has 0 amide bonds. The van der Waals surface area contributed by atoms with E-state index in [4.69, 9.17) is 5.26 Å². The Hall–Kier alpha value is -2.81. The van der Waals surface area contributed by atoms with Crippen molar-refractivity contribution in [2.45, 2.75) is 12.8 Å². The van der Waals surface area contributed by atoms with Crippen LogP contribution in [0.5, 0.6) is 0 Å². The zero-order valence-electron chi connectivity index (χ0n) is 12.4. The molecular formula is C17H15FN4O. The van der Waals surface area contributed by atoms with Gasteiger partial charge in [-0.1, -0.05) is 0 Å². The highest BCUT2D eigenvalue weighted by Gasteiger charge is 2.28. The third-order valence-corrected chi connectivity index (χ3v) is 4.01. The van der Waals surface area contributed by atoms with Gasteiger partial charge in [-0.15, -0.1) is 0 Å². The maximum absolute atomic E-state index is 13.0. The van der Waals surface area contributed by atoms with E-state index in [2.05, 4.69) is 9.97 Å². The number of hydrogen-bond donors (Lipinski definition) is 0. The van der Waals surface area contributed by atoms with E-state index >= 15 is 0 Å². The van der Waals surface area contributed by atoms with Gasteiger partial charge >= 0.3 is 0 Å². The van der Waals surface area contributed by atoms with Crippen LogP contribution in [0.1, 0.15) is 28.9 Å². The van der Waals surface area contributed by atoms with E-state index in [1.807, 2.05) is 11.0 Å². The van der Waals surface area contributed by atoms with E-state index in [-0.39, 0.29) is 23.2 Å². The first-order chi connectivity index (χ1) is 11.2. The fraction of sp³-hybridized carbons (Fsp3) is 0.294. The number of carbonyl (C=O) groups excluding carboxylic acids is 1. The average Bonchev–Trinajstić information content (AvgIpc) is 2.62. The largest absolute Gasteiger partial charge is 0.353 e. The molecule has 1 aliphatic heterocycles. The first-order valence-corrected chi connectivity index (χ1v) is 7.45. The van der Waals surface area contributed by atoms with Crippen LogP contribution in [0.4, 0.5) is 10.2 Å². The monoisotopic (exact) mass is 310 g/mol. The molecule has 6 heteroatoms. The maximum Gasteiger partial charge on any atom is 0.183 e. The van der Waals surface area contributed by atoms with Gasteiger partial charge < -0.3 is 4.90 Å². The zero-order valence-corrected chi connectivity index (χ0v) is 12.4. The Kier molecular flexibility index (Phi) is 4.29. The molecule has 2 heterocycles. The molecule has 3 rings (SSSR count). The van der Waals surface area contributed by atoms with Gasteiger partial charge in [0.1, 0.15) is 11.9 Å². The lowest BCUT2D eigenvalue weighted by Gasteiger charge is -2.33. The van der Waals surface area contributed by atoms with Gasteiger partial charge in [-0.05, 0) is 37.1 Å². The topological polar surface area (TPSA) is 69.9 Å². The molecule has 116 valence electrons. The van der Waals surface area contributed by atoms with Crippen molar-refractivity contribution in [1.82, 2.24) is 9.97 Å². The fourth-order valence-electron chi connectivity index (χ4n) is 2.87. The number of hydrogen-bond acceptors (Lipinski definition) is 5. The van der Waals surface area contributed by atoms with Crippen molar-refractivity contribution in [2.75, 3.05) is 18.0 Å². The van der Waals surface area contributed by atoms with Crippen LogP contribution in [0.15, 0.2) is 36.7 Å². The van der Waals surface area contributed by atoms with Crippen molar-refractivity contribution in [2.24, 2.45) is 5.92 Å². The van der Waals surface area contributed by atoms with Crippen LogP contribution in [0.3, 0.4) is 0 Å². The Morgan fingerprint density at radius 1 is 1.26 bits per heavy atom. The van der Waals surface area contributed by atoms with Crippen molar-refractivity contribution in [3.63, 3.8) is 0 Å². The van der Waals surface area contributed by atoms with Crippen molar-refractivity contribution < 1.29 is 9.18 Å². The van der Waals surface area contributed by atoms with Crippen molar-refractivity contribution >= 4 is 11.6 Å². The number of nitrogens with zero attached hydrogens (tertiary/aromatic N) is 4. The second kappa shape index (κ2) is 6.53. The molecule has 0 aliphatic carbocycles. The number of benzene rings is 1. The average molecular weight is 310 g/mol. The molecule has 0 spiro atoms. The lowest BCUT2D eigenvalue weighted by Crippen LogP contribution is -2.39. The fourth-order valence-corrected chi connectivity index (χ4v) is 2.87. The van der Waals surface area contributed by atoms with E-state index in [9.17, 15) is 9.18 Å². The van der Waals surface area contributed by atoms with Crippen molar-refractivity contribution in [3.8, 4) is 6.07 Å². The summed E-state index contributed by atoms with van der Waals surface area (Å²) in [6, 6.07) is 7.65. The highest BCUT2D eigenvalue weighted by molar-refractivity contribution is 5.98. The molecule has 1 aromatic carbocycles. The first kappa shape index (κ1) is 15.1. The van der Waals surface area contributed by atoms with Gasteiger partial charge in [0, 0.05) is 37.0 Å². The summed E-state index contributed by atoms with van der Waals surface area (Å²) in [7, 11) is 0. The standard InChI is InChI=1S/C17H15FN4O/c18-14-5-3-12(4-6-14)16(23)13-2-1-9-22(11-13)17-15(10-19)20-7-8-21-17/h3-8,13H,1-2,9,11H2/t13-/m1/s1. The molecule has 5 nitrogen and oxygen atoms in total. The van der Waals surface area contributed by atoms with E-state index in [0.717, 1.165) is 19.4 Å². The normalized spacial score (nSPS) is 17.6. The zero-order chi connectivity index (χ0) is 16.2. The molecule has 1 saturated heterocycles. The molecule has 1 aromatic heterocycles. The quantitative estimate of drug-likeness (QED) is 0.815. The second-order valence-corrected chi connectivity index (χ2v) is 5.50. The molecule has 0 unspecified atom stereocenters. The summed E-state index contributed by atoms with van der Waals surface area (Å²) in [4.78, 5) is 22.8. The van der Waals surface area contributed by atoms with Crippen LogP contribution < -0.4 is 4.90 Å². The lowest BCUT2D eigenvalue weighted by molar-refractivity contribution is 0.0907. The number of nitriles is 1. The Labute approximate surface area is 133 Å². The van der Waals surface area contributed by atoms with E-state index in [0.29, 0.717) is 17.9 Å². The number of rotatable bonds is 3. The molecule has 1 fully saturated rings. The van der Waals surface area contributed by atoms with Crippen LogP contribution in [-0.4, -0.2) is 28.8 Å². The number of aromatic nitrogens is 2. The Morgan fingerprint density at radius 3 is 2.74 bits per heavy atom. The lowest BCUT2D eigenvalue weighted by atomic mass is 9.90. The number of halogens is 1. The van der Waals surface area contributed by atoms with E-state index in [1.165, 1.54) is 30.5 Å². The summed E-state index contributed by atoms with van der Waals surface area (Å²) >= 11 is 0. The minimum atomic E-state index is -0.356. The molecule has 1 atom stereocenters. The molecule has 2 aromatic rings. The third-order valence-electron chi connectivity index (χ3n) is 4.01. The predicted octanol–water partition coefficient (Wildman–Crippen LogP) is 2.59. The number of ketones is 1. The highest BCUT2D eigenvalue weighted by atomic mass is 19.1. The van der Waals surface area contributed by atoms with Gasteiger partial charge in [0.05, 0.1) is 0 Å². The molecule has 0 radical (unpaired) electrons. The Bertz CT molecular complexity index is 754. The second-order valence-electron chi connectivity index (χ2n) is 5.50. The molecule has 0 N–H and O–H groups in total. The van der Waals surface area contributed by atoms with Crippen LogP contribution in [-0.2, 0) is 0 Å². The summed E-state index contributed by atoms with van der Waals surface area (Å²) < 4.78 is 13.0. The number of carbonyl (C=O) groups is 1. The summed E-state index contributed by atoms with van der Waals surface area (Å²) in [5, 5.41) is 9.15.